The van der Waals surface area contributed by atoms with Gasteiger partial charge in [-0.25, -0.2) is 0 Å². The van der Waals surface area contributed by atoms with Crippen LogP contribution in [0.2, 0.25) is 0 Å². The van der Waals surface area contributed by atoms with Crippen LogP contribution in [-0.2, 0) is 0 Å². The van der Waals surface area contributed by atoms with Gasteiger partial charge in [0.25, 0.3) is 5.69 Å². The summed E-state index contributed by atoms with van der Waals surface area (Å²) >= 11 is 0. The summed E-state index contributed by atoms with van der Waals surface area (Å²) in [6.07, 6.45) is 3.05. The van der Waals surface area contributed by atoms with E-state index in [1.165, 1.54) is 0 Å². The van der Waals surface area contributed by atoms with Gasteiger partial charge in [-0.2, -0.15) is 5.10 Å². The van der Waals surface area contributed by atoms with Gasteiger partial charge in [0.05, 0.1) is 22.0 Å². The summed E-state index contributed by atoms with van der Waals surface area (Å²) in [6, 6.07) is 65.6. The molecule has 0 fully saturated rings. The zero-order valence-corrected chi connectivity index (χ0v) is 37.1. The van der Waals surface area contributed by atoms with Crippen LogP contribution in [0.15, 0.2) is 199 Å². The van der Waals surface area contributed by atoms with Crippen molar-refractivity contribution in [2.24, 2.45) is 11.0 Å². The van der Waals surface area contributed by atoms with Gasteiger partial charge in [-0.1, -0.05) is 124 Å². The first-order chi connectivity index (χ1) is 32.3. The fourth-order valence-electron chi connectivity index (χ4n) is 8.97. The largest absolute Gasteiger partial charge is 0.599 e. The van der Waals surface area contributed by atoms with Crippen LogP contribution in [0.3, 0.4) is 0 Å². The Morgan fingerprint density at radius 2 is 1.06 bits per heavy atom. The molecule has 0 radical (unpaired) electrons. The minimum absolute atomic E-state index is 0.0331. The Morgan fingerprint density at radius 1 is 0.621 bits per heavy atom. The van der Waals surface area contributed by atoms with Crippen molar-refractivity contribution in [3.05, 3.63) is 220 Å². The Hall–Kier alpha value is -8.21. The van der Waals surface area contributed by atoms with Crippen molar-refractivity contribution >= 4 is 62.9 Å². The van der Waals surface area contributed by atoms with Crippen molar-refractivity contribution in [3.63, 3.8) is 0 Å². The highest BCUT2D eigenvalue weighted by molar-refractivity contribution is 6.00. The molecule has 0 saturated heterocycles. The molecule has 66 heavy (non-hydrogen) atoms. The van der Waals surface area contributed by atoms with Crippen LogP contribution in [0, 0.1) is 16.0 Å². The number of anilines is 8. The minimum atomic E-state index is -0.370. The number of non-ortho nitro benzene ring substituents is 1. The fourth-order valence-corrected chi connectivity index (χ4v) is 8.97. The van der Waals surface area contributed by atoms with Crippen LogP contribution in [-0.4, -0.2) is 22.6 Å². The summed E-state index contributed by atoms with van der Waals surface area (Å²) < 4.78 is 0. The first-order valence-corrected chi connectivity index (χ1v) is 22.5. The molecule has 0 aromatic heterocycles. The number of benzene rings is 8. The van der Waals surface area contributed by atoms with E-state index in [0.29, 0.717) is 12.5 Å². The van der Waals surface area contributed by atoms with E-state index >= 15 is 0 Å². The molecule has 2 aliphatic rings. The minimum Gasteiger partial charge on any atom is -0.599 e. The molecule has 0 aliphatic carbocycles. The Balaban J connectivity index is 1.18. The predicted octanol–water partition coefficient (Wildman–Crippen LogP) is 13.7. The molecule has 10 nitrogen and oxygen atoms in total. The Bertz CT molecular complexity index is 3020. The molecule has 1 unspecified atom stereocenters. The number of nitro groups is 1. The number of rotatable bonds is 13. The van der Waals surface area contributed by atoms with Crippen molar-refractivity contribution < 1.29 is 4.92 Å². The second-order valence-corrected chi connectivity index (χ2v) is 16.9. The maximum absolute atomic E-state index is 11.7. The van der Waals surface area contributed by atoms with Gasteiger partial charge in [0.1, 0.15) is 0 Å². The molecule has 1 N–H and O–H groups in total. The number of fused-ring (bicyclic) bond motifs is 2. The summed E-state index contributed by atoms with van der Waals surface area (Å²) in [6.45, 7) is 7.22. The van der Waals surface area contributed by atoms with Crippen LogP contribution in [0.25, 0.3) is 33.8 Å². The topological polar surface area (TPSA) is 94.6 Å². The lowest BCUT2D eigenvalue weighted by atomic mass is 9.91. The third kappa shape index (κ3) is 8.10. The first-order valence-electron chi connectivity index (χ1n) is 22.5. The van der Waals surface area contributed by atoms with Gasteiger partial charge >= 0.3 is 0 Å². The lowest BCUT2D eigenvalue weighted by Gasteiger charge is -2.33. The molecule has 0 bridgehead atoms. The molecule has 10 heteroatoms. The molecule has 10 rings (SSSR count). The molecular weight excluding hydrogens is 817 g/mol. The monoisotopic (exact) mass is 865 g/mol. The number of para-hydroxylation sites is 4. The smallest absolute Gasteiger partial charge is 0.269 e. The van der Waals surface area contributed by atoms with Crippen molar-refractivity contribution in [1.82, 2.24) is 5.12 Å². The number of nitro benzene ring substituents is 1. The lowest BCUT2D eigenvalue weighted by Crippen LogP contribution is -2.44. The molecule has 2 heterocycles. The molecular formula is C56H49N8O2-. The van der Waals surface area contributed by atoms with E-state index in [0.717, 1.165) is 90.4 Å². The molecule has 1 atom stereocenters. The number of nitrogens with one attached hydrogen (secondary N) is 1. The van der Waals surface area contributed by atoms with Crippen LogP contribution in [0.1, 0.15) is 27.2 Å². The highest BCUT2D eigenvalue weighted by Gasteiger charge is 2.28. The van der Waals surface area contributed by atoms with Gasteiger partial charge in [0, 0.05) is 69.3 Å². The van der Waals surface area contributed by atoms with E-state index in [9.17, 15) is 10.1 Å². The highest BCUT2D eigenvalue weighted by Crippen LogP contribution is 2.49. The first kappa shape index (κ1) is 41.8. The van der Waals surface area contributed by atoms with E-state index in [4.69, 9.17) is 10.5 Å². The molecule has 0 amide bonds. The summed E-state index contributed by atoms with van der Waals surface area (Å²) in [5.41, 5.74) is 21.8. The third-order valence-corrected chi connectivity index (χ3v) is 12.0. The average molecular weight is 866 g/mol. The standard InChI is InChI=1S/C56H49N8O2/c1-4-42-37-51-52(40-25-29-47(30-26-40)61(43-17-9-5-10-18-43)44-19-11-6-12-20-44)55-56(58-60(57-55)38-39(2)3)53(54(51)59-63(42)49-33-35-50(36-34-49)64(65)66)41-27-31-48(32-28-41)62(45-21-13-7-14-22-45)46-23-15-8-16-24-46/h5-37,39,42,57H,4,38H2,1-3H3/q-1. The maximum atomic E-state index is 11.7. The Labute approximate surface area is 385 Å². The predicted molar refractivity (Wildman–Crippen MR) is 270 cm³/mol. The van der Waals surface area contributed by atoms with Crippen LogP contribution >= 0.6 is 0 Å². The lowest BCUT2D eigenvalue weighted by molar-refractivity contribution is -0.384. The quantitative estimate of drug-likeness (QED) is 0.0911. The molecule has 326 valence electrons. The summed E-state index contributed by atoms with van der Waals surface area (Å²) in [5, 5.41) is 23.0. The average Bonchev–Trinajstić information content (AvgIpc) is 3.77. The van der Waals surface area contributed by atoms with Gasteiger partial charge in [-0.05, 0) is 120 Å². The van der Waals surface area contributed by atoms with Gasteiger partial charge < -0.3 is 20.7 Å². The molecule has 0 saturated carbocycles. The van der Waals surface area contributed by atoms with Crippen LogP contribution < -0.4 is 30.8 Å². The van der Waals surface area contributed by atoms with Crippen molar-refractivity contribution in [3.8, 4) is 22.3 Å². The highest BCUT2D eigenvalue weighted by atomic mass is 16.6. The summed E-state index contributed by atoms with van der Waals surface area (Å²) in [7, 11) is 0. The Morgan fingerprint density at radius 3 is 1.48 bits per heavy atom. The van der Waals surface area contributed by atoms with E-state index in [-0.39, 0.29) is 16.7 Å². The van der Waals surface area contributed by atoms with E-state index in [2.05, 4.69) is 188 Å². The maximum Gasteiger partial charge on any atom is 0.269 e. The number of nitrogens with zero attached hydrogens (tertiary/aromatic N) is 7. The SMILES string of the molecule is CCC1C=c2c(-c3ccc(N(c4ccccc4)c4ccccc4)cc3)c3c(c(-c4ccc(N(c5ccccc5)c5ccccc5)cc4)c2=NN1c1ccc([N+](=O)[O-])cc1)[N-]N(CC(C)C)N3. The molecule has 2 aliphatic heterocycles. The van der Waals surface area contributed by atoms with Crippen molar-refractivity contribution in [2.75, 3.05) is 26.8 Å². The van der Waals surface area contributed by atoms with E-state index in [1.807, 2.05) is 34.4 Å². The zero-order chi connectivity index (χ0) is 45.1. The number of hydrazine groups is 1. The van der Waals surface area contributed by atoms with Crippen molar-refractivity contribution in [2.45, 2.75) is 33.2 Å². The van der Waals surface area contributed by atoms with Gasteiger partial charge in [-0.15, -0.1) is 0 Å². The zero-order valence-electron chi connectivity index (χ0n) is 37.1. The Kier molecular flexibility index (Phi) is 11.5. The van der Waals surface area contributed by atoms with E-state index in [1.54, 1.807) is 24.3 Å². The van der Waals surface area contributed by atoms with Crippen LogP contribution in [0.5, 0.6) is 0 Å². The van der Waals surface area contributed by atoms with Gasteiger partial charge in [-0.3, -0.25) is 20.2 Å². The normalized spacial score (nSPS) is 14.0. The van der Waals surface area contributed by atoms with Gasteiger partial charge in [0.2, 0.25) is 0 Å². The second-order valence-electron chi connectivity index (χ2n) is 16.9. The van der Waals surface area contributed by atoms with E-state index < -0.39 is 0 Å². The van der Waals surface area contributed by atoms with Crippen LogP contribution in [0.4, 0.5) is 56.9 Å². The number of hydrogen-bond donors (Lipinski definition) is 1. The van der Waals surface area contributed by atoms with Gasteiger partial charge in [0.15, 0.2) is 0 Å². The second kappa shape index (κ2) is 18.1. The summed E-state index contributed by atoms with van der Waals surface area (Å²) in [5.74, 6) is 0.331. The van der Waals surface area contributed by atoms with Crippen molar-refractivity contribution in [1.29, 1.82) is 0 Å². The third-order valence-electron chi connectivity index (χ3n) is 12.0. The molecule has 0 spiro atoms. The molecule has 8 aromatic carbocycles. The summed E-state index contributed by atoms with van der Waals surface area (Å²) in [4.78, 5) is 15.9. The number of hydrogen-bond acceptors (Lipinski definition) is 8. The fraction of sp³-hybridized carbons (Fsp3) is 0.125. The molecule has 8 aromatic rings.